The molecule has 0 fully saturated rings. The van der Waals surface area contributed by atoms with Gasteiger partial charge in [0.2, 0.25) is 5.91 Å². The third-order valence-corrected chi connectivity index (χ3v) is 3.64. The number of rotatable bonds is 7. The number of aliphatic hydroxyl groups is 1. The molecule has 0 aliphatic carbocycles. The quantitative estimate of drug-likeness (QED) is 0.813. The largest absolute Gasteiger partial charge is 0.496 e. The Labute approximate surface area is 125 Å². The van der Waals surface area contributed by atoms with Crippen LogP contribution in [0.3, 0.4) is 0 Å². The molecule has 0 aliphatic rings. The van der Waals surface area contributed by atoms with E-state index in [-0.39, 0.29) is 24.8 Å². The zero-order chi connectivity index (χ0) is 15.1. The number of amides is 1. The van der Waals surface area contributed by atoms with Crippen LogP contribution in [0.1, 0.15) is 25.8 Å². The van der Waals surface area contributed by atoms with Gasteiger partial charge >= 0.3 is 0 Å². The SMILES string of the molecule is CCC(C)C(O)CNC(=O)Cc1cc(Cl)ccc1OC. The van der Waals surface area contributed by atoms with E-state index < -0.39 is 6.10 Å². The number of ether oxygens (including phenoxy) is 1. The second kappa shape index (κ2) is 8.12. The zero-order valence-corrected chi connectivity index (χ0v) is 12.9. The number of methoxy groups -OCH3 is 1. The highest BCUT2D eigenvalue weighted by Gasteiger charge is 2.14. The van der Waals surface area contributed by atoms with Crippen molar-refractivity contribution in [2.24, 2.45) is 5.92 Å². The van der Waals surface area contributed by atoms with E-state index in [2.05, 4.69) is 5.32 Å². The van der Waals surface area contributed by atoms with E-state index in [1.807, 2.05) is 13.8 Å². The highest BCUT2D eigenvalue weighted by Crippen LogP contribution is 2.23. The topological polar surface area (TPSA) is 58.6 Å². The van der Waals surface area contributed by atoms with Crippen molar-refractivity contribution in [1.82, 2.24) is 5.32 Å². The molecule has 0 spiro atoms. The maximum absolute atomic E-state index is 11.9. The number of aliphatic hydroxyl groups excluding tert-OH is 1. The molecule has 0 saturated heterocycles. The van der Waals surface area contributed by atoms with Gasteiger partial charge in [-0.1, -0.05) is 31.9 Å². The van der Waals surface area contributed by atoms with E-state index in [0.29, 0.717) is 10.8 Å². The van der Waals surface area contributed by atoms with Crippen molar-refractivity contribution in [2.45, 2.75) is 32.8 Å². The first-order chi connectivity index (χ1) is 9.47. The molecule has 2 unspecified atom stereocenters. The fraction of sp³-hybridized carbons (Fsp3) is 0.533. The lowest BCUT2D eigenvalue weighted by Gasteiger charge is -2.17. The highest BCUT2D eigenvalue weighted by molar-refractivity contribution is 6.30. The summed E-state index contributed by atoms with van der Waals surface area (Å²) in [4.78, 5) is 11.9. The van der Waals surface area contributed by atoms with E-state index in [1.165, 1.54) is 0 Å². The Balaban J connectivity index is 2.56. The molecule has 2 atom stereocenters. The smallest absolute Gasteiger partial charge is 0.224 e. The van der Waals surface area contributed by atoms with Gasteiger partial charge < -0.3 is 15.2 Å². The number of carbonyl (C=O) groups is 1. The minimum Gasteiger partial charge on any atom is -0.496 e. The van der Waals surface area contributed by atoms with Crippen LogP contribution in [-0.2, 0) is 11.2 Å². The van der Waals surface area contributed by atoms with Crippen molar-refractivity contribution in [2.75, 3.05) is 13.7 Å². The molecular weight excluding hydrogens is 278 g/mol. The van der Waals surface area contributed by atoms with Crippen LogP contribution < -0.4 is 10.1 Å². The Bertz CT molecular complexity index is 451. The molecule has 5 heteroatoms. The molecule has 0 bridgehead atoms. The average Bonchev–Trinajstić information content (AvgIpc) is 2.44. The Morgan fingerprint density at radius 3 is 2.80 bits per heavy atom. The van der Waals surface area contributed by atoms with Crippen LogP contribution in [0, 0.1) is 5.92 Å². The molecule has 2 N–H and O–H groups in total. The van der Waals surface area contributed by atoms with Gasteiger partial charge in [0.25, 0.3) is 0 Å². The van der Waals surface area contributed by atoms with Crippen molar-refractivity contribution < 1.29 is 14.6 Å². The van der Waals surface area contributed by atoms with Crippen molar-refractivity contribution in [3.05, 3.63) is 28.8 Å². The lowest BCUT2D eigenvalue weighted by atomic mass is 10.0. The molecule has 0 aromatic heterocycles. The number of hydrogen-bond acceptors (Lipinski definition) is 3. The number of benzene rings is 1. The zero-order valence-electron chi connectivity index (χ0n) is 12.1. The number of carbonyl (C=O) groups excluding carboxylic acids is 1. The number of nitrogens with one attached hydrogen (secondary N) is 1. The Kier molecular flexibility index (Phi) is 6.82. The first-order valence-corrected chi connectivity index (χ1v) is 7.12. The van der Waals surface area contributed by atoms with Gasteiger partial charge in [-0.15, -0.1) is 0 Å². The van der Waals surface area contributed by atoms with Crippen LogP contribution >= 0.6 is 11.6 Å². The van der Waals surface area contributed by atoms with Crippen LogP contribution in [0.5, 0.6) is 5.75 Å². The fourth-order valence-corrected chi connectivity index (χ4v) is 2.01. The minimum absolute atomic E-state index is 0.159. The van der Waals surface area contributed by atoms with Crippen molar-refractivity contribution in [3.63, 3.8) is 0 Å². The molecule has 0 heterocycles. The van der Waals surface area contributed by atoms with Crippen LogP contribution in [0.4, 0.5) is 0 Å². The molecule has 1 rings (SSSR count). The molecule has 112 valence electrons. The maximum atomic E-state index is 11.9. The van der Waals surface area contributed by atoms with Crippen molar-refractivity contribution >= 4 is 17.5 Å². The van der Waals surface area contributed by atoms with Crippen LogP contribution in [0.2, 0.25) is 5.02 Å². The van der Waals surface area contributed by atoms with Gasteiger partial charge in [0, 0.05) is 17.1 Å². The van der Waals surface area contributed by atoms with Gasteiger partial charge in [-0.2, -0.15) is 0 Å². The molecule has 4 nitrogen and oxygen atoms in total. The average molecular weight is 300 g/mol. The van der Waals surface area contributed by atoms with E-state index in [9.17, 15) is 9.90 Å². The van der Waals surface area contributed by atoms with Crippen molar-refractivity contribution in [3.8, 4) is 5.75 Å². The Morgan fingerprint density at radius 1 is 1.50 bits per heavy atom. The van der Waals surface area contributed by atoms with Gasteiger partial charge in [0.05, 0.1) is 19.6 Å². The molecule has 0 aliphatic heterocycles. The van der Waals surface area contributed by atoms with Gasteiger partial charge in [-0.3, -0.25) is 4.79 Å². The predicted octanol–water partition coefficient (Wildman–Crippen LogP) is 2.41. The molecule has 0 saturated carbocycles. The van der Waals surface area contributed by atoms with Crippen LogP contribution in [-0.4, -0.2) is 30.8 Å². The van der Waals surface area contributed by atoms with Crippen LogP contribution in [0.15, 0.2) is 18.2 Å². The summed E-state index contributed by atoms with van der Waals surface area (Å²) in [7, 11) is 1.55. The highest BCUT2D eigenvalue weighted by atomic mass is 35.5. The monoisotopic (exact) mass is 299 g/mol. The second-order valence-electron chi connectivity index (χ2n) is 4.89. The first kappa shape index (κ1) is 16.8. The summed E-state index contributed by atoms with van der Waals surface area (Å²) in [6.07, 6.45) is 0.529. The Morgan fingerprint density at radius 2 is 2.20 bits per heavy atom. The summed E-state index contributed by atoms with van der Waals surface area (Å²) in [6.45, 7) is 4.22. The molecular formula is C15H22ClNO3. The van der Waals surface area contributed by atoms with E-state index in [1.54, 1.807) is 25.3 Å². The molecule has 20 heavy (non-hydrogen) atoms. The van der Waals surface area contributed by atoms with Crippen molar-refractivity contribution in [1.29, 1.82) is 0 Å². The normalized spacial score (nSPS) is 13.7. The molecule has 1 aromatic rings. The summed E-state index contributed by atoms with van der Waals surface area (Å²) < 4.78 is 5.19. The molecule has 1 aromatic carbocycles. The summed E-state index contributed by atoms with van der Waals surface area (Å²) in [5.41, 5.74) is 0.732. The molecule has 1 amide bonds. The van der Waals surface area contributed by atoms with Gasteiger partial charge in [0.15, 0.2) is 0 Å². The summed E-state index contributed by atoms with van der Waals surface area (Å²) >= 11 is 5.92. The Hall–Kier alpha value is -1.26. The van der Waals surface area contributed by atoms with Gasteiger partial charge in [-0.25, -0.2) is 0 Å². The van der Waals surface area contributed by atoms with E-state index >= 15 is 0 Å². The third kappa shape index (κ3) is 5.02. The first-order valence-electron chi connectivity index (χ1n) is 6.75. The standard InChI is InChI=1S/C15H22ClNO3/c1-4-10(2)13(18)9-17-15(19)8-11-7-12(16)5-6-14(11)20-3/h5-7,10,13,18H,4,8-9H2,1-3H3,(H,17,19). The minimum atomic E-state index is -0.523. The number of hydrogen-bond donors (Lipinski definition) is 2. The predicted molar refractivity (Wildman–Crippen MR) is 80.2 cm³/mol. The lowest BCUT2D eigenvalue weighted by Crippen LogP contribution is -2.36. The number of halogens is 1. The fourth-order valence-electron chi connectivity index (χ4n) is 1.81. The van der Waals surface area contributed by atoms with Gasteiger partial charge in [0.1, 0.15) is 5.75 Å². The lowest BCUT2D eigenvalue weighted by molar-refractivity contribution is -0.121. The summed E-state index contributed by atoms with van der Waals surface area (Å²) in [5.74, 6) is 0.635. The third-order valence-electron chi connectivity index (χ3n) is 3.40. The second-order valence-corrected chi connectivity index (χ2v) is 5.33. The van der Waals surface area contributed by atoms with Gasteiger partial charge in [-0.05, 0) is 24.1 Å². The van der Waals surface area contributed by atoms with E-state index in [4.69, 9.17) is 16.3 Å². The van der Waals surface area contributed by atoms with E-state index in [0.717, 1.165) is 12.0 Å². The molecule has 0 radical (unpaired) electrons. The van der Waals surface area contributed by atoms with Crippen LogP contribution in [0.25, 0.3) is 0 Å². The summed E-state index contributed by atoms with van der Waals surface area (Å²) in [6, 6.07) is 5.17. The summed E-state index contributed by atoms with van der Waals surface area (Å²) in [5, 5.41) is 13.1. The maximum Gasteiger partial charge on any atom is 0.224 e.